The molecule has 0 atom stereocenters. The van der Waals surface area contributed by atoms with Crippen molar-refractivity contribution < 1.29 is 0 Å². The summed E-state index contributed by atoms with van der Waals surface area (Å²) >= 11 is 5.57. The van der Waals surface area contributed by atoms with Gasteiger partial charge in [-0.3, -0.25) is 9.13 Å². The first-order valence-corrected chi connectivity index (χ1v) is 34.3. The lowest BCUT2D eigenvalue weighted by Crippen LogP contribution is -2.07. The Morgan fingerprint density at radius 3 is 1.04 bits per heavy atom. The maximum atomic E-state index is 5.73. The molecule has 0 N–H and O–H groups in total. The van der Waals surface area contributed by atoms with Crippen molar-refractivity contribution in [1.29, 1.82) is 0 Å². The summed E-state index contributed by atoms with van der Waals surface area (Å²) in [6.07, 6.45) is 0. The fourth-order valence-corrected chi connectivity index (χ4v) is 18.5. The van der Waals surface area contributed by atoms with Gasteiger partial charge >= 0.3 is 0 Å². The predicted octanol–water partition coefficient (Wildman–Crippen LogP) is 24.7. The molecule has 8 heteroatoms. The van der Waals surface area contributed by atoms with Gasteiger partial charge in [0.05, 0.1) is 38.8 Å². The minimum absolute atomic E-state index is 0.599. The van der Waals surface area contributed by atoms with Gasteiger partial charge in [-0.05, 0) is 172 Å². The van der Waals surface area contributed by atoms with Crippen LogP contribution in [0.3, 0.4) is 0 Å². The molecule has 436 valence electrons. The predicted molar refractivity (Wildman–Crippen MR) is 403 cm³/mol. The minimum atomic E-state index is 0.599. The molecule has 7 heterocycles. The Balaban J connectivity index is 0.724. The zero-order valence-electron chi connectivity index (χ0n) is 50.3. The van der Waals surface area contributed by atoms with E-state index in [2.05, 4.69) is 311 Å². The van der Waals surface area contributed by atoms with Crippen molar-refractivity contribution in [3.05, 3.63) is 297 Å². The zero-order chi connectivity index (χ0) is 61.3. The number of fused-ring (bicyclic) bond motifs is 19. The van der Waals surface area contributed by atoms with Gasteiger partial charge in [-0.15, -0.1) is 34.0 Å². The van der Waals surface area contributed by atoms with E-state index in [9.17, 15) is 0 Å². The van der Waals surface area contributed by atoms with Crippen molar-refractivity contribution in [2.75, 3.05) is 0 Å². The molecule has 21 aromatic rings. The molecular formula is C86H49N5S3. The van der Waals surface area contributed by atoms with E-state index in [0.717, 1.165) is 77.1 Å². The van der Waals surface area contributed by atoms with Crippen LogP contribution in [0.1, 0.15) is 0 Å². The van der Waals surface area contributed by atoms with E-state index < -0.39 is 0 Å². The number of nitrogens with zero attached hydrogens (tertiary/aromatic N) is 5. The molecule has 5 nitrogen and oxygen atoms in total. The van der Waals surface area contributed by atoms with Crippen molar-refractivity contribution in [3.63, 3.8) is 0 Å². The highest BCUT2D eigenvalue weighted by Gasteiger charge is 2.23. The highest BCUT2D eigenvalue weighted by atomic mass is 32.1. The third kappa shape index (κ3) is 7.85. The molecule has 0 saturated carbocycles. The summed E-state index contributed by atoms with van der Waals surface area (Å²) in [7, 11) is 0. The van der Waals surface area contributed by atoms with Crippen LogP contribution in [0.2, 0.25) is 0 Å². The van der Waals surface area contributed by atoms with Crippen LogP contribution in [0.25, 0.3) is 199 Å². The Morgan fingerprint density at radius 1 is 0.213 bits per heavy atom. The molecular weight excluding hydrogens is 1200 g/mol. The van der Waals surface area contributed by atoms with Crippen LogP contribution in [-0.4, -0.2) is 23.7 Å². The van der Waals surface area contributed by atoms with Crippen LogP contribution < -0.4 is 0 Å². The molecule has 0 radical (unpaired) electrons. The Morgan fingerprint density at radius 2 is 0.553 bits per heavy atom. The smallest absolute Gasteiger partial charge is 0.237 e. The number of aromatic nitrogens is 5. The first kappa shape index (κ1) is 52.1. The number of para-hydroxylation sites is 3. The molecule has 0 amide bonds. The van der Waals surface area contributed by atoms with Gasteiger partial charge in [-0.2, -0.15) is 4.98 Å². The highest BCUT2D eigenvalue weighted by Crippen LogP contribution is 2.44. The zero-order valence-corrected chi connectivity index (χ0v) is 52.7. The van der Waals surface area contributed by atoms with Crippen molar-refractivity contribution in [3.8, 4) is 62.1 Å². The van der Waals surface area contributed by atoms with E-state index in [4.69, 9.17) is 9.97 Å². The molecule has 94 heavy (non-hydrogen) atoms. The van der Waals surface area contributed by atoms with E-state index in [1.54, 1.807) is 0 Å². The maximum absolute atomic E-state index is 5.73. The molecule has 0 aliphatic carbocycles. The van der Waals surface area contributed by atoms with Gasteiger partial charge in [0.1, 0.15) is 5.82 Å². The second-order valence-electron chi connectivity index (χ2n) is 24.8. The topological polar surface area (TPSA) is 40.6 Å². The second kappa shape index (κ2) is 20.0. The molecule has 0 unspecified atom stereocenters. The van der Waals surface area contributed by atoms with E-state index >= 15 is 0 Å². The van der Waals surface area contributed by atoms with Crippen LogP contribution in [0.4, 0.5) is 0 Å². The third-order valence-corrected chi connectivity index (χ3v) is 23.1. The van der Waals surface area contributed by atoms with Gasteiger partial charge in [-0.1, -0.05) is 164 Å². The standard InChI is InChI=1S/C86H49N5S3/c1-7-19-73-60(13-1)66-43-52(55-31-38-82-69(46-55)63-16-4-10-22-79(63)92-82)28-35-76(66)89(73)59-34-27-50-41-58(26-25-51(50)42-59)72-49-85(90-74-20-8-2-14-61(74)67-44-53(29-36-77(67)90)56-32-39-83-70(47-56)64-17-5-11-23-80(64)93-83)88-86(87-72)91-75-21-9-3-15-62(75)68-45-54(30-37-78(68)91)57-33-40-84-71(48-57)65-18-6-12-24-81(65)94-84/h1-49H. The Kier molecular flexibility index (Phi) is 11.1. The summed E-state index contributed by atoms with van der Waals surface area (Å²) in [4.78, 5) is 11.4. The largest absolute Gasteiger partial charge is 0.309 e. The number of hydrogen-bond acceptors (Lipinski definition) is 5. The average Bonchev–Trinajstić information content (AvgIpc) is 1.58. The third-order valence-electron chi connectivity index (χ3n) is 19.7. The SMILES string of the molecule is c1ccc2c(c1)sc1ccc(-c3ccc4c(c3)c3ccccc3n4-c3ccc4cc(-c5cc(-n6c7ccccc7c7cc(-c8ccc9sc%10ccccc%10c9c8)ccc76)nc(-n6c7ccccc7c7cc(-c8ccc9sc%10ccccc%10c9c8)ccc76)n5)ccc4c3)cc12. The lowest BCUT2D eigenvalue weighted by Gasteiger charge is -2.14. The molecule has 0 fully saturated rings. The van der Waals surface area contributed by atoms with Gasteiger partial charge in [-0.25, -0.2) is 4.98 Å². The first-order valence-electron chi connectivity index (χ1n) is 31.8. The molecule has 0 saturated heterocycles. The van der Waals surface area contributed by atoms with Gasteiger partial charge in [0, 0.05) is 110 Å². The van der Waals surface area contributed by atoms with Crippen LogP contribution in [0.5, 0.6) is 0 Å². The van der Waals surface area contributed by atoms with E-state index in [1.807, 2.05) is 34.0 Å². The molecule has 7 aromatic heterocycles. The molecule has 0 spiro atoms. The summed E-state index contributed by atoms with van der Waals surface area (Å²) in [6.45, 7) is 0. The first-order chi connectivity index (χ1) is 46.5. The fourth-order valence-electron chi connectivity index (χ4n) is 15.2. The Bertz CT molecular complexity index is 6580. The number of benzene rings is 14. The summed E-state index contributed by atoms with van der Waals surface area (Å²) in [5, 5.41) is 17.1. The van der Waals surface area contributed by atoms with Gasteiger partial charge < -0.3 is 4.57 Å². The van der Waals surface area contributed by atoms with E-state index in [-0.39, 0.29) is 0 Å². The Hall–Kier alpha value is -11.5. The van der Waals surface area contributed by atoms with Crippen LogP contribution in [0.15, 0.2) is 297 Å². The van der Waals surface area contributed by atoms with Crippen LogP contribution in [-0.2, 0) is 0 Å². The Labute approximate surface area is 549 Å². The lowest BCUT2D eigenvalue weighted by atomic mass is 10.0. The molecule has 0 aliphatic heterocycles. The van der Waals surface area contributed by atoms with E-state index in [0.29, 0.717) is 5.95 Å². The maximum Gasteiger partial charge on any atom is 0.237 e. The van der Waals surface area contributed by atoms with Crippen molar-refractivity contribution >= 4 is 171 Å². The highest BCUT2D eigenvalue weighted by molar-refractivity contribution is 7.26. The van der Waals surface area contributed by atoms with E-state index in [1.165, 1.54) is 116 Å². The minimum Gasteiger partial charge on any atom is -0.309 e. The number of thiophene rings is 3. The van der Waals surface area contributed by atoms with Gasteiger partial charge in [0.2, 0.25) is 5.95 Å². The summed E-state index contributed by atoms with van der Waals surface area (Å²) in [5.41, 5.74) is 16.7. The molecule has 21 rings (SSSR count). The average molecular weight is 1250 g/mol. The fraction of sp³-hybridized carbons (Fsp3) is 0. The molecule has 0 aliphatic rings. The van der Waals surface area contributed by atoms with Gasteiger partial charge in [0.25, 0.3) is 0 Å². The summed E-state index contributed by atoms with van der Waals surface area (Å²) < 4.78 is 14.9. The van der Waals surface area contributed by atoms with Crippen LogP contribution in [0, 0.1) is 0 Å². The summed E-state index contributed by atoms with van der Waals surface area (Å²) in [5.74, 6) is 1.39. The van der Waals surface area contributed by atoms with Crippen molar-refractivity contribution in [2.45, 2.75) is 0 Å². The monoisotopic (exact) mass is 1250 g/mol. The quantitative estimate of drug-likeness (QED) is 0.160. The van der Waals surface area contributed by atoms with Crippen LogP contribution >= 0.6 is 34.0 Å². The second-order valence-corrected chi connectivity index (χ2v) is 28.1. The van der Waals surface area contributed by atoms with Crippen molar-refractivity contribution in [1.82, 2.24) is 23.7 Å². The lowest BCUT2D eigenvalue weighted by molar-refractivity contribution is 0.952. The van der Waals surface area contributed by atoms with Gasteiger partial charge in [0.15, 0.2) is 0 Å². The normalized spacial score (nSPS) is 12.3. The number of hydrogen-bond donors (Lipinski definition) is 0. The number of rotatable bonds is 7. The van der Waals surface area contributed by atoms with Crippen molar-refractivity contribution in [2.24, 2.45) is 0 Å². The molecule has 14 aromatic carbocycles. The summed E-state index contributed by atoms with van der Waals surface area (Å²) in [6, 6.07) is 110. The molecule has 0 bridgehead atoms.